The van der Waals surface area contributed by atoms with Crippen molar-refractivity contribution in [2.24, 2.45) is 5.73 Å². The molecule has 0 aliphatic carbocycles. The Bertz CT molecular complexity index is 605. The van der Waals surface area contributed by atoms with Crippen LogP contribution in [0, 0.1) is 0 Å². The molecule has 0 bridgehead atoms. The van der Waals surface area contributed by atoms with Crippen molar-refractivity contribution in [3.8, 4) is 0 Å². The first-order valence-electron chi connectivity index (χ1n) is 9.34. The summed E-state index contributed by atoms with van der Waals surface area (Å²) in [5.41, 5.74) is 6.30. The molecule has 4 N–H and O–H groups in total. The number of nitrogens with zero attached hydrogens (tertiary/aromatic N) is 1. The highest BCUT2D eigenvalue weighted by Gasteiger charge is 2.26. The molecule has 3 amide bonds. The van der Waals surface area contributed by atoms with E-state index in [1.54, 1.807) is 0 Å². The summed E-state index contributed by atoms with van der Waals surface area (Å²) in [6.45, 7) is 4.53. The van der Waals surface area contributed by atoms with Crippen molar-refractivity contribution < 1.29 is 9.59 Å². The number of halogens is 1. The van der Waals surface area contributed by atoms with Crippen LogP contribution >= 0.6 is 11.6 Å². The number of unbranched alkanes of at least 4 members (excludes halogenated alkanes) is 1. The van der Waals surface area contributed by atoms with E-state index < -0.39 is 12.1 Å². The highest BCUT2D eigenvalue weighted by Crippen LogP contribution is 2.26. The molecule has 144 valence electrons. The Labute approximate surface area is 160 Å². The van der Waals surface area contributed by atoms with Crippen molar-refractivity contribution in [2.45, 2.75) is 51.1 Å². The fourth-order valence-corrected chi connectivity index (χ4v) is 3.59. The Morgan fingerprint density at radius 2 is 2.04 bits per heavy atom. The Morgan fingerprint density at radius 3 is 2.65 bits per heavy atom. The average molecular weight is 381 g/mol. The zero-order valence-corrected chi connectivity index (χ0v) is 16.1. The van der Waals surface area contributed by atoms with Crippen molar-refractivity contribution in [3.05, 3.63) is 34.9 Å². The van der Waals surface area contributed by atoms with E-state index in [1.165, 1.54) is 0 Å². The minimum Gasteiger partial charge on any atom is -0.352 e. The minimum absolute atomic E-state index is 0.0700. The number of hydrogen-bond acceptors (Lipinski definition) is 3. The van der Waals surface area contributed by atoms with Crippen LogP contribution in [0.3, 0.4) is 0 Å². The number of rotatable bonds is 9. The predicted octanol–water partition coefficient (Wildman–Crippen LogP) is 2.82. The fourth-order valence-electron chi connectivity index (χ4n) is 3.39. The van der Waals surface area contributed by atoms with Crippen LogP contribution in [-0.4, -0.2) is 42.5 Å². The normalized spacial score (nSPS) is 16.8. The van der Waals surface area contributed by atoms with Crippen LogP contribution in [0.1, 0.15) is 50.6 Å². The third-order valence-corrected chi connectivity index (χ3v) is 5.00. The van der Waals surface area contributed by atoms with Gasteiger partial charge < -0.3 is 16.4 Å². The highest BCUT2D eigenvalue weighted by molar-refractivity contribution is 6.30. The molecule has 2 unspecified atom stereocenters. The van der Waals surface area contributed by atoms with Gasteiger partial charge in [-0.05, 0) is 50.0 Å². The van der Waals surface area contributed by atoms with E-state index in [2.05, 4.69) is 15.5 Å². The second kappa shape index (κ2) is 10.4. The van der Waals surface area contributed by atoms with Crippen molar-refractivity contribution in [1.82, 2.24) is 15.5 Å². The Hall–Kier alpha value is -1.79. The third-order valence-electron chi connectivity index (χ3n) is 4.76. The minimum atomic E-state index is -0.674. The molecule has 1 aromatic rings. The maximum atomic E-state index is 12.6. The van der Waals surface area contributed by atoms with Gasteiger partial charge in [0, 0.05) is 11.6 Å². The molecular formula is C19H29ClN4O2. The number of primary amides is 1. The molecule has 7 heteroatoms. The van der Waals surface area contributed by atoms with Crippen LogP contribution < -0.4 is 16.4 Å². The summed E-state index contributed by atoms with van der Waals surface area (Å²) in [6, 6.07) is 6.58. The van der Waals surface area contributed by atoms with Gasteiger partial charge in [-0.25, -0.2) is 4.79 Å². The van der Waals surface area contributed by atoms with Gasteiger partial charge in [0.15, 0.2) is 0 Å². The predicted molar refractivity (Wildman–Crippen MR) is 104 cm³/mol. The third kappa shape index (κ3) is 6.18. The lowest BCUT2D eigenvalue weighted by Crippen LogP contribution is -2.50. The first kappa shape index (κ1) is 20.5. The molecule has 0 spiro atoms. The number of urea groups is 1. The second-order valence-corrected chi connectivity index (χ2v) is 7.20. The number of amides is 3. The number of carbonyl (C=O) groups excluding carboxylic acids is 2. The number of carbonyl (C=O) groups is 2. The zero-order valence-electron chi connectivity index (χ0n) is 15.3. The van der Waals surface area contributed by atoms with Gasteiger partial charge in [-0.3, -0.25) is 9.69 Å². The molecule has 1 saturated heterocycles. The molecule has 1 aromatic carbocycles. The highest BCUT2D eigenvalue weighted by atomic mass is 35.5. The number of likely N-dealkylation sites (tertiary alicyclic amines) is 1. The SMILES string of the molecule is CCCCC(NC(N)=O)C(=O)NCC(c1cccc(Cl)c1)N1CCCC1. The number of hydrogen-bond donors (Lipinski definition) is 3. The molecule has 2 rings (SSSR count). The molecule has 6 nitrogen and oxygen atoms in total. The fraction of sp³-hybridized carbons (Fsp3) is 0.579. The van der Waals surface area contributed by atoms with E-state index >= 15 is 0 Å². The number of nitrogens with two attached hydrogens (primary N) is 1. The first-order chi connectivity index (χ1) is 12.5. The van der Waals surface area contributed by atoms with Crippen LogP contribution in [0.2, 0.25) is 5.02 Å². The molecular weight excluding hydrogens is 352 g/mol. The number of benzene rings is 1. The standard InChI is InChI=1S/C19H29ClN4O2/c1-2-3-9-16(23-19(21)26)18(25)22-13-17(24-10-4-5-11-24)14-7-6-8-15(20)12-14/h6-8,12,16-17H,2-5,9-11,13H2,1H3,(H,22,25)(H3,21,23,26). The van der Waals surface area contributed by atoms with Crippen LogP contribution in [0.25, 0.3) is 0 Å². The van der Waals surface area contributed by atoms with Crippen LogP contribution in [-0.2, 0) is 4.79 Å². The van der Waals surface area contributed by atoms with Crippen LogP contribution in [0.5, 0.6) is 0 Å². The quantitative estimate of drug-likeness (QED) is 0.615. The van der Waals surface area contributed by atoms with Crippen LogP contribution in [0.4, 0.5) is 4.79 Å². The summed E-state index contributed by atoms with van der Waals surface area (Å²) < 4.78 is 0. The molecule has 0 aromatic heterocycles. The van der Waals surface area contributed by atoms with Gasteiger partial charge in [-0.1, -0.05) is 43.5 Å². The topological polar surface area (TPSA) is 87.5 Å². The molecule has 1 aliphatic rings. The zero-order chi connectivity index (χ0) is 18.9. The van der Waals surface area contributed by atoms with E-state index in [0.717, 1.165) is 44.3 Å². The summed E-state index contributed by atoms with van der Waals surface area (Å²) in [5.74, 6) is -0.191. The van der Waals surface area contributed by atoms with Crippen molar-refractivity contribution in [3.63, 3.8) is 0 Å². The summed E-state index contributed by atoms with van der Waals surface area (Å²) in [7, 11) is 0. The maximum Gasteiger partial charge on any atom is 0.312 e. The largest absolute Gasteiger partial charge is 0.352 e. The van der Waals surface area contributed by atoms with Gasteiger partial charge in [0.05, 0.1) is 6.04 Å². The van der Waals surface area contributed by atoms with Crippen molar-refractivity contribution >= 4 is 23.5 Å². The Kier molecular flexibility index (Phi) is 8.19. The van der Waals surface area contributed by atoms with Gasteiger partial charge in [0.2, 0.25) is 5.91 Å². The Morgan fingerprint density at radius 1 is 1.31 bits per heavy atom. The maximum absolute atomic E-state index is 12.6. The van der Waals surface area contributed by atoms with E-state index in [9.17, 15) is 9.59 Å². The van der Waals surface area contributed by atoms with Crippen molar-refractivity contribution in [2.75, 3.05) is 19.6 Å². The lowest BCUT2D eigenvalue weighted by Gasteiger charge is -2.29. The summed E-state index contributed by atoms with van der Waals surface area (Å²) in [4.78, 5) is 26.1. The smallest absolute Gasteiger partial charge is 0.312 e. The van der Waals surface area contributed by atoms with Crippen LogP contribution in [0.15, 0.2) is 24.3 Å². The molecule has 1 aliphatic heterocycles. The van der Waals surface area contributed by atoms with Gasteiger partial charge in [-0.15, -0.1) is 0 Å². The first-order valence-corrected chi connectivity index (χ1v) is 9.72. The van der Waals surface area contributed by atoms with E-state index in [1.807, 2.05) is 31.2 Å². The molecule has 0 saturated carbocycles. The molecule has 1 fully saturated rings. The number of nitrogens with one attached hydrogen (secondary N) is 2. The van der Waals surface area contributed by atoms with Crippen molar-refractivity contribution in [1.29, 1.82) is 0 Å². The Balaban J connectivity index is 2.04. The van der Waals surface area contributed by atoms with Gasteiger partial charge in [0.1, 0.15) is 6.04 Å². The average Bonchev–Trinajstić information content (AvgIpc) is 3.12. The molecule has 26 heavy (non-hydrogen) atoms. The molecule has 1 heterocycles. The van der Waals surface area contributed by atoms with E-state index in [-0.39, 0.29) is 11.9 Å². The van der Waals surface area contributed by atoms with Gasteiger partial charge in [0.25, 0.3) is 0 Å². The summed E-state index contributed by atoms with van der Waals surface area (Å²) in [5, 5.41) is 6.24. The van der Waals surface area contributed by atoms with Gasteiger partial charge in [-0.2, -0.15) is 0 Å². The van der Waals surface area contributed by atoms with E-state index in [4.69, 9.17) is 17.3 Å². The lowest BCUT2D eigenvalue weighted by atomic mass is 10.0. The lowest BCUT2D eigenvalue weighted by molar-refractivity contribution is -0.123. The second-order valence-electron chi connectivity index (χ2n) is 6.76. The van der Waals surface area contributed by atoms with E-state index in [0.29, 0.717) is 18.0 Å². The summed E-state index contributed by atoms with van der Waals surface area (Å²) in [6.07, 6.45) is 4.70. The molecule has 0 radical (unpaired) electrons. The van der Waals surface area contributed by atoms with Gasteiger partial charge >= 0.3 is 6.03 Å². The summed E-state index contributed by atoms with van der Waals surface area (Å²) >= 11 is 6.16. The monoisotopic (exact) mass is 380 g/mol. The molecule has 2 atom stereocenters.